The molecule has 0 bridgehead atoms. The molecule has 1 saturated heterocycles. The van der Waals surface area contributed by atoms with Gasteiger partial charge in [-0.3, -0.25) is 9.78 Å². The summed E-state index contributed by atoms with van der Waals surface area (Å²) in [6.45, 7) is 0.636. The molecule has 0 atom stereocenters. The molecule has 160 valence electrons. The molecule has 31 heavy (non-hydrogen) atoms. The van der Waals surface area contributed by atoms with Crippen LogP contribution in [0.3, 0.4) is 0 Å². The highest BCUT2D eigenvalue weighted by atomic mass is 32.2. The van der Waals surface area contributed by atoms with E-state index in [0.717, 1.165) is 16.8 Å². The molecular weight excluding hydrogens is 432 g/mol. The monoisotopic (exact) mass is 454 g/mol. The first-order valence-corrected chi connectivity index (χ1v) is 12.3. The second kappa shape index (κ2) is 9.51. The van der Waals surface area contributed by atoms with Gasteiger partial charge in [0.1, 0.15) is 0 Å². The minimum Gasteiger partial charge on any atom is -0.302 e. The van der Waals surface area contributed by atoms with E-state index in [9.17, 15) is 13.2 Å². The van der Waals surface area contributed by atoms with Crippen molar-refractivity contribution in [2.24, 2.45) is 5.92 Å². The van der Waals surface area contributed by atoms with Crippen LogP contribution >= 0.6 is 11.3 Å². The average molecular weight is 455 g/mol. The normalized spacial score (nSPS) is 15.9. The molecule has 0 spiro atoms. The Hall–Kier alpha value is -2.88. The molecular formula is C22H22N4O3S2. The molecule has 0 unspecified atom stereocenters. The number of nitrogens with one attached hydrogen (secondary N) is 1. The van der Waals surface area contributed by atoms with Crippen LogP contribution < -0.4 is 5.32 Å². The highest BCUT2D eigenvalue weighted by Gasteiger charge is 2.30. The van der Waals surface area contributed by atoms with E-state index in [1.54, 1.807) is 18.5 Å². The number of amides is 1. The van der Waals surface area contributed by atoms with Crippen LogP contribution in [0.1, 0.15) is 18.4 Å². The van der Waals surface area contributed by atoms with E-state index in [0.29, 0.717) is 31.1 Å². The standard InChI is InChI=1S/C22H22N4O3S2/c27-21(25-22-24-20(16-30-22)19-7-4-11-23-15-19)18-8-12-26(13-9-18)31(28,29)14-10-17-5-2-1-3-6-17/h1-7,10-11,14-16,18H,8-9,12-13H2,(H,24,25,27)/b14-10+. The van der Waals surface area contributed by atoms with Crippen LogP contribution in [0.25, 0.3) is 17.3 Å². The molecule has 2 aromatic heterocycles. The molecule has 1 fully saturated rings. The van der Waals surface area contributed by atoms with Crippen LogP contribution in [-0.4, -0.2) is 41.7 Å². The first kappa shape index (κ1) is 21.4. The lowest BCUT2D eigenvalue weighted by atomic mass is 9.97. The van der Waals surface area contributed by atoms with Crippen LogP contribution in [-0.2, 0) is 14.8 Å². The number of anilines is 1. The number of aromatic nitrogens is 2. The van der Waals surface area contributed by atoms with Gasteiger partial charge in [0.05, 0.1) is 5.69 Å². The number of sulfonamides is 1. The number of hydrogen-bond acceptors (Lipinski definition) is 6. The number of rotatable bonds is 6. The number of hydrogen-bond donors (Lipinski definition) is 1. The summed E-state index contributed by atoms with van der Waals surface area (Å²) in [7, 11) is -3.51. The molecule has 1 aliphatic rings. The van der Waals surface area contributed by atoms with Crippen LogP contribution in [0.5, 0.6) is 0 Å². The maximum Gasteiger partial charge on any atom is 0.236 e. The van der Waals surface area contributed by atoms with Gasteiger partial charge < -0.3 is 5.32 Å². The highest BCUT2D eigenvalue weighted by molar-refractivity contribution is 7.92. The van der Waals surface area contributed by atoms with Crippen molar-refractivity contribution in [2.45, 2.75) is 12.8 Å². The molecule has 3 heterocycles. The van der Waals surface area contributed by atoms with Gasteiger partial charge in [0.25, 0.3) is 0 Å². The topological polar surface area (TPSA) is 92.3 Å². The lowest BCUT2D eigenvalue weighted by Crippen LogP contribution is -2.40. The van der Waals surface area contributed by atoms with Crippen molar-refractivity contribution in [3.63, 3.8) is 0 Å². The SMILES string of the molecule is O=C(Nc1nc(-c2cccnc2)cs1)C1CCN(S(=O)(=O)/C=C/c2ccccc2)CC1. The fourth-order valence-corrected chi connectivity index (χ4v) is 5.32. The molecule has 7 nitrogen and oxygen atoms in total. The van der Waals surface area contributed by atoms with E-state index < -0.39 is 10.0 Å². The molecule has 0 radical (unpaired) electrons. The van der Waals surface area contributed by atoms with Crippen LogP contribution in [0.4, 0.5) is 5.13 Å². The maximum atomic E-state index is 12.6. The molecule has 0 saturated carbocycles. The van der Waals surface area contributed by atoms with Gasteiger partial charge in [-0.2, -0.15) is 4.31 Å². The smallest absolute Gasteiger partial charge is 0.236 e. The van der Waals surface area contributed by atoms with E-state index in [-0.39, 0.29) is 11.8 Å². The molecule has 0 aliphatic carbocycles. The van der Waals surface area contributed by atoms with Gasteiger partial charge in [0.15, 0.2) is 5.13 Å². The summed E-state index contributed by atoms with van der Waals surface area (Å²) in [4.78, 5) is 21.2. The van der Waals surface area contributed by atoms with Gasteiger partial charge >= 0.3 is 0 Å². The van der Waals surface area contributed by atoms with Gasteiger partial charge in [-0.05, 0) is 36.6 Å². The fourth-order valence-electron chi connectivity index (χ4n) is 3.37. The summed E-state index contributed by atoms with van der Waals surface area (Å²) < 4.78 is 26.6. The Labute approximate surface area is 185 Å². The third-order valence-corrected chi connectivity index (χ3v) is 7.43. The highest BCUT2D eigenvalue weighted by Crippen LogP contribution is 2.26. The number of nitrogens with zero attached hydrogens (tertiary/aromatic N) is 3. The van der Waals surface area contributed by atoms with Gasteiger partial charge in [0.2, 0.25) is 15.9 Å². The van der Waals surface area contributed by atoms with Gasteiger partial charge in [0, 0.05) is 47.8 Å². The Morgan fingerprint density at radius 2 is 1.90 bits per heavy atom. The zero-order valence-electron chi connectivity index (χ0n) is 16.7. The predicted octanol–water partition coefficient (Wildman–Crippen LogP) is 3.86. The van der Waals surface area contributed by atoms with Crippen molar-refractivity contribution in [3.8, 4) is 11.3 Å². The predicted molar refractivity (Wildman–Crippen MR) is 123 cm³/mol. The van der Waals surface area contributed by atoms with Crippen molar-refractivity contribution in [1.29, 1.82) is 0 Å². The summed E-state index contributed by atoms with van der Waals surface area (Å²) in [5.41, 5.74) is 2.48. The van der Waals surface area contributed by atoms with E-state index in [2.05, 4.69) is 15.3 Å². The van der Waals surface area contributed by atoms with Gasteiger partial charge in [-0.15, -0.1) is 11.3 Å². The van der Waals surface area contributed by atoms with Crippen molar-refractivity contribution in [2.75, 3.05) is 18.4 Å². The van der Waals surface area contributed by atoms with E-state index in [1.807, 2.05) is 47.8 Å². The average Bonchev–Trinajstić information content (AvgIpc) is 3.28. The van der Waals surface area contributed by atoms with Crippen molar-refractivity contribution in [3.05, 3.63) is 71.2 Å². The fraction of sp³-hybridized carbons (Fsp3) is 0.227. The van der Waals surface area contributed by atoms with Gasteiger partial charge in [-0.25, -0.2) is 13.4 Å². The molecule has 4 rings (SSSR count). The lowest BCUT2D eigenvalue weighted by Gasteiger charge is -2.29. The quantitative estimate of drug-likeness (QED) is 0.611. The lowest BCUT2D eigenvalue weighted by molar-refractivity contribution is -0.120. The Morgan fingerprint density at radius 3 is 2.61 bits per heavy atom. The van der Waals surface area contributed by atoms with Crippen molar-refractivity contribution < 1.29 is 13.2 Å². The molecule has 1 amide bonds. The minimum absolute atomic E-state index is 0.121. The maximum absolute atomic E-state index is 12.6. The van der Waals surface area contributed by atoms with Crippen LogP contribution in [0.2, 0.25) is 0 Å². The Morgan fingerprint density at radius 1 is 1.13 bits per heavy atom. The third-order valence-electron chi connectivity index (χ3n) is 5.11. The second-order valence-electron chi connectivity index (χ2n) is 7.20. The minimum atomic E-state index is -3.51. The zero-order chi connectivity index (χ0) is 21.7. The third kappa shape index (κ3) is 5.43. The number of pyridine rings is 1. The molecule has 1 N–H and O–H groups in total. The number of carbonyl (C=O) groups is 1. The molecule has 1 aromatic carbocycles. The number of benzene rings is 1. The first-order valence-electron chi connectivity index (χ1n) is 9.91. The number of carbonyl (C=O) groups excluding carboxylic acids is 1. The van der Waals surface area contributed by atoms with E-state index >= 15 is 0 Å². The van der Waals surface area contributed by atoms with Crippen LogP contribution in [0, 0.1) is 5.92 Å². The number of thiazole rings is 1. The zero-order valence-corrected chi connectivity index (χ0v) is 18.3. The Bertz CT molecular complexity index is 1150. The Balaban J connectivity index is 1.32. The molecule has 9 heteroatoms. The van der Waals surface area contributed by atoms with Crippen molar-refractivity contribution in [1.82, 2.24) is 14.3 Å². The summed E-state index contributed by atoms with van der Waals surface area (Å²) in [5, 5.41) is 6.51. The van der Waals surface area contributed by atoms with Gasteiger partial charge in [-0.1, -0.05) is 30.3 Å². The summed E-state index contributed by atoms with van der Waals surface area (Å²) in [6.07, 6.45) is 5.97. The summed E-state index contributed by atoms with van der Waals surface area (Å²) in [6, 6.07) is 13.0. The number of piperidine rings is 1. The van der Waals surface area contributed by atoms with Crippen molar-refractivity contribution >= 4 is 38.5 Å². The van der Waals surface area contributed by atoms with E-state index in [4.69, 9.17) is 0 Å². The van der Waals surface area contributed by atoms with E-state index in [1.165, 1.54) is 21.1 Å². The second-order valence-corrected chi connectivity index (χ2v) is 9.88. The molecule has 3 aromatic rings. The largest absolute Gasteiger partial charge is 0.302 e. The van der Waals surface area contributed by atoms with Crippen LogP contribution in [0.15, 0.2) is 65.6 Å². The molecule has 1 aliphatic heterocycles. The summed E-state index contributed by atoms with van der Waals surface area (Å²) >= 11 is 1.36. The first-order chi connectivity index (χ1) is 15.0. The summed E-state index contributed by atoms with van der Waals surface area (Å²) in [5.74, 6) is -0.362. The Kier molecular flexibility index (Phi) is 6.55.